The molecule has 7 heteroatoms. The van der Waals surface area contributed by atoms with E-state index in [1.165, 1.54) is 0 Å². The Labute approximate surface area is 154 Å². The Kier molecular flexibility index (Phi) is 5.55. The molecule has 0 radical (unpaired) electrons. The van der Waals surface area contributed by atoms with Crippen LogP contribution in [0.5, 0.6) is 0 Å². The van der Waals surface area contributed by atoms with Crippen LogP contribution < -0.4 is 5.32 Å². The highest BCUT2D eigenvalue weighted by atomic mass is 16.5. The summed E-state index contributed by atoms with van der Waals surface area (Å²) in [4.78, 5) is 6.92. The van der Waals surface area contributed by atoms with Gasteiger partial charge in [-0.1, -0.05) is 6.92 Å². The molecule has 1 aliphatic heterocycles. The zero-order valence-electron chi connectivity index (χ0n) is 15.9. The molecule has 2 aromatic rings. The van der Waals surface area contributed by atoms with E-state index in [1.807, 2.05) is 43.9 Å². The van der Waals surface area contributed by atoms with Gasteiger partial charge in [0.05, 0.1) is 30.0 Å². The molecule has 0 amide bonds. The third-order valence-electron chi connectivity index (χ3n) is 4.95. The number of likely N-dealkylation sites (N-methyl/N-ethyl adjacent to an activating group) is 1. The van der Waals surface area contributed by atoms with E-state index in [4.69, 9.17) is 4.74 Å². The standard InChI is InChI=1S/C19H26N6O/c1-5-25-8-9-26-17(18(25)16-6-7-22-24(16)4)12-21-19-15(11-20)13(2)10-14(3)23-19/h6-7,10,17-18H,5,8-9,12H2,1-4H3,(H,21,23)/t17-,18-/m0/s1. The summed E-state index contributed by atoms with van der Waals surface area (Å²) in [5.41, 5.74) is 3.56. The molecule has 3 rings (SSSR count). The summed E-state index contributed by atoms with van der Waals surface area (Å²) in [6.07, 6.45) is 1.77. The summed E-state index contributed by atoms with van der Waals surface area (Å²) in [5, 5.41) is 17.1. The first-order valence-corrected chi connectivity index (χ1v) is 9.01. The van der Waals surface area contributed by atoms with E-state index in [0.717, 1.165) is 30.0 Å². The summed E-state index contributed by atoms with van der Waals surface area (Å²) < 4.78 is 8.01. The number of aryl methyl sites for hydroxylation is 3. The molecule has 0 aliphatic carbocycles. The molecule has 0 saturated carbocycles. The SMILES string of the molecule is CCN1CCO[C@@H](CNc2nc(C)cc(C)c2C#N)[C@@H]1c1ccnn1C. The lowest BCUT2D eigenvalue weighted by Crippen LogP contribution is -2.48. The van der Waals surface area contributed by atoms with Crippen molar-refractivity contribution in [3.63, 3.8) is 0 Å². The number of pyridine rings is 1. The fraction of sp³-hybridized carbons (Fsp3) is 0.526. The van der Waals surface area contributed by atoms with Crippen LogP contribution in [0, 0.1) is 25.2 Å². The van der Waals surface area contributed by atoms with Crippen LogP contribution in [-0.4, -0.2) is 52.0 Å². The van der Waals surface area contributed by atoms with Crippen molar-refractivity contribution in [1.82, 2.24) is 19.7 Å². The number of ether oxygens (including phenoxy) is 1. The second-order valence-corrected chi connectivity index (χ2v) is 6.66. The Bertz CT molecular complexity index is 809. The summed E-state index contributed by atoms with van der Waals surface area (Å²) in [6, 6.07) is 6.35. The fourth-order valence-electron chi connectivity index (χ4n) is 3.67. The van der Waals surface area contributed by atoms with E-state index < -0.39 is 0 Å². The number of hydrogen-bond donors (Lipinski definition) is 1. The van der Waals surface area contributed by atoms with Gasteiger partial charge >= 0.3 is 0 Å². The quantitative estimate of drug-likeness (QED) is 0.887. The number of hydrogen-bond acceptors (Lipinski definition) is 6. The average molecular weight is 354 g/mol. The summed E-state index contributed by atoms with van der Waals surface area (Å²) in [5.74, 6) is 0.631. The molecule has 7 nitrogen and oxygen atoms in total. The van der Waals surface area contributed by atoms with Gasteiger partial charge in [-0.3, -0.25) is 9.58 Å². The maximum absolute atomic E-state index is 9.46. The average Bonchev–Trinajstić information content (AvgIpc) is 3.04. The number of anilines is 1. The number of nitriles is 1. The highest BCUT2D eigenvalue weighted by molar-refractivity contribution is 5.56. The van der Waals surface area contributed by atoms with Crippen molar-refractivity contribution in [3.8, 4) is 6.07 Å². The van der Waals surface area contributed by atoms with Crippen molar-refractivity contribution in [2.24, 2.45) is 7.05 Å². The highest BCUT2D eigenvalue weighted by Crippen LogP contribution is 2.29. The molecular weight excluding hydrogens is 328 g/mol. The smallest absolute Gasteiger partial charge is 0.144 e. The number of morpholine rings is 1. The van der Waals surface area contributed by atoms with Crippen LogP contribution in [0.4, 0.5) is 5.82 Å². The van der Waals surface area contributed by atoms with Crippen molar-refractivity contribution < 1.29 is 4.74 Å². The van der Waals surface area contributed by atoms with Gasteiger partial charge in [0.25, 0.3) is 0 Å². The van der Waals surface area contributed by atoms with Crippen LogP contribution in [0.1, 0.15) is 35.5 Å². The first kappa shape index (κ1) is 18.4. The van der Waals surface area contributed by atoms with Crippen molar-refractivity contribution >= 4 is 5.82 Å². The molecule has 26 heavy (non-hydrogen) atoms. The predicted molar refractivity (Wildman–Crippen MR) is 99.9 cm³/mol. The van der Waals surface area contributed by atoms with E-state index >= 15 is 0 Å². The van der Waals surface area contributed by atoms with Gasteiger partial charge in [-0.2, -0.15) is 10.4 Å². The van der Waals surface area contributed by atoms with Crippen molar-refractivity contribution in [2.75, 3.05) is 31.6 Å². The molecule has 1 N–H and O–H groups in total. The Hall–Kier alpha value is -2.43. The Morgan fingerprint density at radius 1 is 1.42 bits per heavy atom. The Balaban J connectivity index is 1.84. The van der Waals surface area contributed by atoms with Gasteiger partial charge in [0.15, 0.2) is 0 Å². The zero-order valence-corrected chi connectivity index (χ0v) is 15.9. The number of aromatic nitrogens is 3. The minimum atomic E-state index is -0.0479. The number of nitrogens with zero attached hydrogens (tertiary/aromatic N) is 5. The first-order chi connectivity index (χ1) is 12.5. The lowest BCUT2D eigenvalue weighted by Gasteiger charge is -2.40. The first-order valence-electron chi connectivity index (χ1n) is 9.01. The molecule has 3 heterocycles. The Morgan fingerprint density at radius 3 is 2.88 bits per heavy atom. The van der Waals surface area contributed by atoms with Crippen molar-refractivity contribution in [1.29, 1.82) is 5.26 Å². The van der Waals surface area contributed by atoms with Crippen molar-refractivity contribution in [3.05, 3.63) is 40.8 Å². The highest BCUT2D eigenvalue weighted by Gasteiger charge is 2.34. The molecule has 1 aliphatic rings. The van der Waals surface area contributed by atoms with E-state index in [0.29, 0.717) is 24.5 Å². The van der Waals surface area contributed by atoms with Crippen LogP contribution in [0.2, 0.25) is 0 Å². The molecule has 2 aromatic heterocycles. The van der Waals surface area contributed by atoms with E-state index in [9.17, 15) is 5.26 Å². The monoisotopic (exact) mass is 354 g/mol. The lowest BCUT2D eigenvalue weighted by molar-refractivity contribution is -0.0664. The van der Waals surface area contributed by atoms with E-state index in [1.54, 1.807) is 0 Å². The molecule has 1 saturated heterocycles. The normalized spacial score (nSPS) is 20.7. The maximum Gasteiger partial charge on any atom is 0.144 e. The minimum absolute atomic E-state index is 0.0479. The maximum atomic E-state index is 9.46. The molecule has 1 fully saturated rings. The van der Waals surface area contributed by atoms with Crippen molar-refractivity contribution in [2.45, 2.75) is 32.9 Å². The number of nitrogens with one attached hydrogen (secondary N) is 1. The zero-order chi connectivity index (χ0) is 18.7. The third kappa shape index (κ3) is 3.57. The fourth-order valence-corrected chi connectivity index (χ4v) is 3.67. The summed E-state index contributed by atoms with van der Waals surface area (Å²) in [7, 11) is 1.96. The van der Waals surface area contributed by atoms with Gasteiger partial charge in [-0.15, -0.1) is 0 Å². The topological polar surface area (TPSA) is 79.0 Å². The molecule has 2 atom stereocenters. The van der Waals surface area contributed by atoms with Gasteiger partial charge in [0.2, 0.25) is 0 Å². The second-order valence-electron chi connectivity index (χ2n) is 6.66. The van der Waals surface area contributed by atoms with Gasteiger partial charge < -0.3 is 10.1 Å². The van der Waals surface area contributed by atoms with Gasteiger partial charge in [0.1, 0.15) is 11.9 Å². The Morgan fingerprint density at radius 2 is 2.23 bits per heavy atom. The van der Waals surface area contributed by atoms with E-state index in [-0.39, 0.29) is 12.1 Å². The second kappa shape index (κ2) is 7.85. The van der Waals surface area contributed by atoms with Crippen LogP contribution in [0.15, 0.2) is 18.3 Å². The molecule has 0 unspecified atom stereocenters. The van der Waals surface area contributed by atoms with Gasteiger partial charge in [-0.25, -0.2) is 4.98 Å². The van der Waals surface area contributed by atoms with Gasteiger partial charge in [-0.05, 0) is 38.1 Å². The molecule has 138 valence electrons. The number of rotatable bonds is 5. The van der Waals surface area contributed by atoms with E-state index in [2.05, 4.69) is 33.3 Å². The molecular formula is C19H26N6O. The van der Waals surface area contributed by atoms with Gasteiger partial charge in [0, 0.05) is 32.0 Å². The van der Waals surface area contributed by atoms with Crippen LogP contribution in [0.25, 0.3) is 0 Å². The minimum Gasteiger partial charge on any atom is -0.373 e. The van der Waals surface area contributed by atoms with Crippen LogP contribution in [0.3, 0.4) is 0 Å². The predicted octanol–water partition coefficient (Wildman–Crippen LogP) is 2.18. The lowest BCUT2D eigenvalue weighted by atomic mass is 10.0. The summed E-state index contributed by atoms with van der Waals surface area (Å²) in [6.45, 7) is 9.16. The largest absolute Gasteiger partial charge is 0.373 e. The molecule has 0 aromatic carbocycles. The molecule has 0 spiro atoms. The third-order valence-corrected chi connectivity index (χ3v) is 4.95. The molecule has 0 bridgehead atoms. The van der Waals surface area contributed by atoms with Crippen LogP contribution in [-0.2, 0) is 11.8 Å². The summed E-state index contributed by atoms with van der Waals surface area (Å²) >= 11 is 0. The van der Waals surface area contributed by atoms with Crippen LogP contribution >= 0.6 is 0 Å².